The van der Waals surface area contributed by atoms with E-state index in [1.807, 2.05) is 49.0 Å². The molecule has 0 aliphatic carbocycles. The van der Waals surface area contributed by atoms with E-state index in [0.29, 0.717) is 34.7 Å². The van der Waals surface area contributed by atoms with E-state index >= 15 is 0 Å². The average molecular weight is 432 g/mol. The number of carbonyl (C=O) groups is 2. The van der Waals surface area contributed by atoms with Crippen molar-refractivity contribution in [3.63, 3.8) is 0 Å². The van der Waals surface area contributed by atoms with Crippen LogP contribution in [0.15, 0.2) is 48.9 Å². The number of hydrogen-bond acceptors (Lipinski definition) is 5. The molecule has 0 aliphatic rings. The molecule has 0 bridgehead atoms. The zero-order valence-electron chi connectivity index (χ0n) is 18.5. The Kier molecular flexibility index (Phi) is 5.72. The molecule has 2 amide bonds. The van der Waals surface area contributed by atoms with Crippen LogP contribution < -0.4 is 5.32 Å². The van der Waals surface area contributed by atoms with Gasteiger partial charge in [0.2, 0.25) is 0 Å². The molecule has 0 aliphatic heterocycles. The number of benzene rings is 1. The van der Waals surface area contributed by atoms with Crippen molar-refractivity contribution in [3.8, 4) is 11.3 Å². The summed E-state index contributed by atoms with van der Waals surface area (Å²) in [5, 5.41) is 12.2. The average Bonchev–Trinajstić information content (AvgIpc) is 3.44. The van der Waals surface area contributed by atoms with Crippen molar-refractivity contribution < 1.29 is 9.59 Å². The predicted octanol–water partition coefficient (Wildman–Crippen LogP) is 3.29. The second kappa shape index (κ2) is 8.62. The van der Waals surface area contributed by atoms with E-state index in [1.54, 1.807) is 31.0 Å². The smallest absolute Gasteiger partial charge is 0.273 e. The molecular weight excluding hydrogens is 406 g/mol. The molecule has 1 aromatic carbocycles. The van der Waals surface area contributed by atoms with Gasteiger partial charge in [-0.2, -0.15) is 10.2 Å². The largest absolute Gasteiger partial charge is 0.343 e. The number of pyridine rings is 1. The Hall–Kier alpha value is -4.01. The summed E-state index contributed by atoms with van der Waals surface area (Å²) in [6.07, 6.45) is 5.15. The van der Waals surface area contributed by atoms with Gasteiger partial charge in [0.25, 0.3) is 11.8 Å². The third kappa shape index (κ3) is 3.84. The van der Waals surface area contributed by atoms with E-state index in [0.717, 1.165) is 17.5 Å². The van der Waals surface area contributed by atoms with Crippen molar-refractivity contribution in [3.05, 3.63) is 60.2 Å². The van der Waals surface area contributed by atoms with Crippen LogP contribution in [-0.2, 0) is 13.1 Å². The number of hydrogen-bond donors (Lipinski definition) is 1. The van der Waals surface area contributed by atoms with Gasteiger partial charge in [0.05, 0.1) is 34.9 Å². The third-order valence-electron chi connectivity index (χ3n) is 5.21. The van der Waals surface area contributed by atoms with E-state index in [4.69, 9.17) is 4.98 Å². The molecule has 0 saturated heterocycles. The maximum Gasteiger partial charge on any atom is 0.273 e. The standard InChI is InChI=1S/C23H25N7O2/c1-5-29-14-15(12-24-29)19-11-17(16-9-7-8-10-18(16)26-19)22(31)27-20-13-25-30(6-2)21(20)23(32)28(3)4/h7-14H,5-6H2,1-4H3,(H,27,31). The number of amides is 2. The number of nitrogens with one attached hydrogen (secondary N) is 1. The Morgan fingerprint density at radius 1 is 1.06 bits per heavy atom. The molecule has 0 saturated carbocycles. The van der Waals surface area contributed by atoms with Crippen molar-refractivity contribution in [1.82, 2.24) is 29.4 Å². The van der Waals surface area contributed by atoms with Crippen LogP contribution in [0.1, 0.15) is 34.7 Å². The molecule has 3 heterocycles. The van der Waals surface area contributed by atoms with E-state index in [1.165, 1.54) is 11.1 Å². The Bertz CT molecular complexity index is 1300. The molecule has 164 valence electrons. The van der Waals surface area contributed by atoms with Crippen LogP contribution in [-0.4, -0.2) is 55.4 Å². The number of nitrogens with zero attached hydrogens (tertiary/aromatic N) is 6. The summed E-state index contributed by atoms with van der Waals surface area (Å²) in [6.45, 7) is 5.15. The van der Waals surface area contributed by atoms with Crippen LogP contribution >= 0.6 is 0 Å². The summed E-state index contributed by atoms with van der Waals surface area (Å²) in [5.41, 5.74) is 3.36. The van der Waals surface area contributed by atoms with Crippen molar-refractivity contribution in [1.29, 1.82) is 0 Å². The van der Waals surface area contributed by atoms with Gasteiger partial charge in [0.1, 0.15) is 5.69 Å². The molecule has 1 N–H and O–H groups in total. The van der Waals surface area contributed by atoms with Crippen LogP contribution in [0, 0.1) is 0 Å². The Morgan fingerprint density at radius 2 is 1.84 bits per heavy atom. The predicted molar refractivity (Wildman–Crippen MR) is 123 cm³/mol. The summed E-state index contributed by atoms with van der Waals surface area (Å²) < 4.78 is 3.39. The maximum absolute atomic E-state index is 13.4. The molecular formula is C23H25N7O2. The summed E-state index contributed by atoms with van der Waals surface area (Å²) >= 11 is 0. The second-order valence-corrected chi connectivity index (χ2v) is 7.53. The number of rotatable bonds is 6. The van der Waals surface area contributed by atoms with Crippen molar-refractivity contribution >= 4 is 28.4 Å². The molecule has 32 heavy (non-hydrogen) atoms. The van der Waals surface area contributed by atoms with Gasteiger partial charge >= 0.3 is 0 Å². The Balaban J connectivity index is 1.78. The van der Waals surface area contributed by atoms with Crippen molar-refractivity contribution in [2.24, 2.45) is 0 Å². The normalized spacial score (nSPS) is 11.0. The van der Waals surface area contributed by atoms with Gasteiger partial charge in [-0.15, -0.1) is 0 Å². The van der Waals surface area contributed by atoms with Gasteiger partial charge in [-0.1, -0.05) is 18.2 Å². The van der Waals surface area contributed by atoms with Crippen LogP contribution in [0.25, 0.3) is 22.2 Å². The van der Waals surface area contributed by atoms with E-state index in [2.05, 4.69) is 15.5 Å². The first-order chi connectivity index (χ1) is 15.4. The highest BCUT2D eigenvalue weighted by Gasteiger charge is 2.23. The molecule has 0 atom stereocenters. The summed E-state index contributed by atoms with van der Waals surface area (Å²) in [7, 11) is 3.33. The first-order valence-electron chi connectivity index (χ1n) is 10.4. The summed E-state index contributed by atoms with van der Waals surface area (Å²) in [6, 6.07) is 9.24. The number of para-hydroxylation sites is 1. The molecule has 0 spiro atoms. The van der Waals surface area contributed by atoms with Gasteiger partial charge in [0.15, 0.2) is 0 Å². The lowest BCUT2D eigenvalue weighted by Crippen LogP contribution is -2.26. The highest BCUT2D eigenvalue weighted by Crippen LogP contribution is 2.26. The van der Waals surface area contributed by atoms with Crippen LogP contribution in [0.4, 0.5) is 5.69 Å². The fourth-order valence-electron chi connectivity index (χ4n) is 3.52. The topological polar surface area (TPSA) is 97.9 Å². The zero-order chi connectivity index (χ0) is 22.8. The molecule has 4 aromatic rings. The van der Waals surface area contributed by atoms with E-state index in [9.17, 15) is 9.59 Å². The number of aryl methyl sites for hydroxylation is 2. The van der Waals surface area contributed by atoms with Gasteiger partial charge < -0.3 is 10.2 Å². The molecule has 0 radical (unpaired) electrons. The maximum atomic E-state index is 13.4. The first kappa shape index (κ1) is 21.2. The Morgan fingerprint density at radius 3 is 2.53 bits per heavy atom. The highest BCUT2D eigenvalue weighted by atomic mass is 16.2. The Labute approximate surface area is 185 Å². The monoisotopic (exact) mass is 431 g/mol. The summed E-state index contributed by atoms with van der Waals surface area (Å²) in [4.78, 5) is 32.3. The number of anilines is 1. The van der Waals surface area contributed by atoms with Crippen LogP contribution in [0.3, 0.4) is 0 Å². The molecule has 9 nitrogen and oxygen atoms in total. The molecule has 0 unspecified atom stereocenters. The van der Waals surface area contributed by atoms with E-state index < -0.39 is 0 Å². The first-order valence-corrected chi connectivity index (χ1v) is 10.4. The van der Waals surface area contributed by atoms with Crippen molar-refractivity contribution in [2.45, 2.75) is 26.9 Å². The third-order valence-corrected chi connectivity index (χ3v) is 5.21. The number of aromatic nitrogens is 5. The minimum atomic E-state index is -0.337. The lowest BCUT2D eigenvalue weighted by molar-refractivity contribution is 0.0816. The minimum absolute atomic E-state index is 0.230. The fraction of sp³-hybridized carbons (Fsp3) is 0.261. The van der Waals surface area contributed by atoms with Gasteiger partial charge in [-0.3, -0.25) is 19.0 Å². The van der Waals surface area contributed by atoms with Gasteiger partial charge in [-0.05, 0) is 26.0 Å². The van der Waals surface area contributed by atoms with Gasteiger partial charge in [-0.25, -0.2) is 4.98 Å². The molecule has 3 aromatic heterocycles. The lowest BCUT2D eigenvalue weighted by atomic mass is 10.0. The number of carbonyl (C=O) groups excluding carboxylic acids is 2. The lowest BCUT2D eigenvalue weighted by Gasteiger charge is -2.14. The molecule has 0 fully saturated rings. The quantitative estimate of drug-likeness (QED) is 0.505. The SMILES string of the molecule is CCn1cc(-c2cc(C(=O)Nc3cnn(CC)c3C(=O)N(C)C)c3ccccc3n2)cn1. The molecule has 4 rings (SSSR count). The number of fused-ring (bicyclic) bond motifs is 1. The summed E-state index contributed by atoms with van der Waals surface area (Å²) in [5.74, 6) is -0.567. The second-order valence-electron chi connectivity index (χ2n) is 7.53. The highest BCUT2D eigenvalue weighted by molar-refractivity contribution is 6.14. The molecule has 9 heteroatoms. The fourth-order valence-corrected chi connectivity index (χ4v) is 3.52. The zero-order valence-corrected chi connectivity index (χ0v) is 18.5. The van der Waals surface area contributed by atoms with Crippen molar-refractivity contribution in [2.75, 3.05) is 19.4 Å². The van der Waals surface area contributed by atoms with Gasteiger partial charge in [0, 0.05) is 44.3 Å². The minimum Gasteiger partial charge on any atom is -0.343 e. The van der Waals surface area contributed by atoms with Crippen LogP contribution in [0.2, 0.25) is 0 Å². The van der Waals surface area contributed by atoms with Crippen LogP contribution in [0.5, 0.6) is 0 Å². The van der Waals surface area contributed by atoms with E-state index in [-0.39, 0.29) is 11.8 Å².